The maximum atomic E-state index is 13.4. The molecule has 7 nitrogen and oxygen atoms in total. The van der Waals surface area contributed by atoms with E-state index in [9.17, 15) is 4.79 Å². The summed E-state index contributed by atoms with van der Waals surface area (Å²) in [5.41, 5.74) is 8.91. The van der Waals surface area contributed by atoms with Gasteiger partial charge in [0.25, 0.3) is 0 Å². The number of aromatic nitrogens is 3. The molecule has 30 heavy (non-hydrogen) atoms. The zero-order valence-corrected chi connectivity index (χ0v) is 16.4. The number of rotatable bonds is 5. The van der Waals surface area contributed by atoms with Gasteiger partial charge >= 0.3 is 0 Å². The van der Waals surface area contributed by atoms with Gasteiger partial charge in [0.15, 0.2) is 0 Å². The van der Waals surface area contributed by atoms with Crippen LogP contribution in [0.3, 0.4) is 0 Å². The molecule has 3 aromatic rings. The number of carbonyl (C=O) groups is 1. The van der Waals surface area contributed by atoms with Crippen molar-refractivity contribution in [2.45, 2.75) is 24.7 Å². The lowest BCUT2D eigenvalue weighted by Crippen LogP contribution is -2.42. The molecule has 0 aliphatic carbocycles. The Balaban J connectivity index is 1.61. The molecule has 4 rings (SSSR count). The van der Waals surface area contributed by atoms with Crippen LogP contribution in [0.4, 0.5) is 5.95 Å². The van der Waals surface area contributed by atoms with Gasteiger partial charge in [-0.3, -0.25) is 9.78 Å². The van der Waals surface area contributed by atoms with Crippen LogP contribution in [-0.2, 0) is 21.4 Å². The third-order valence-corrected chi connectivity index (χ3v) is 5.62. The van der Waals surface area contributed by atoms with E-state index in [2.05, 4.69) is 15.0 Å². The lowest BCUT2D eigenvalue weighted by Gasteiger charge is -2.36. The largest absolute Gasteiger partial charge is 0.381 e. The van der Waals surface area contributed by atoms with E-state index < -0.39 is 5.41 Å². The number of benzene rings is 1. The molecule has 2 aromatic heterocycles. The first-order chi connectivity index (χ1) is 14.6. The van der Waals surface area contributed by atoms with E-state index in [0.29, 0.717) is 37.3 Å². The molecule has 0 bridgehead atoms. The third-order valence-electron chi connectivity index (χ3n) is 5.62. The minimum absolute atomic E-state index is 0.117. The molecular formula is C23H21N5O2. The molecule has 2 N–H and O–H groups in total. The number of pyridine rings is 1. The lowest BCUT2D eigenvalue weighted by molar-refractivity contribution is -0.127. The first kappa shape index (κ1) is 19.7. The van der Waals surface area contributed by atoms with Crippen molar-refractivity contribution in [2.75, 3.05) is 18.9 Å². The maximum Gasteiger partial charge on any atom is 0.219 e. The van der Waals surface area contributed by atoms with Crippen LogP contribution in [-0.4, -0.2) is 33.9 Å². The van der Waals surface area contributed by atoms with Crippen molar-refractivity contribution in [3.63, 3.8) is 0 Å². The molecule has 1 aromatic carbocycles. The van der Waals surface area contributed by atoms with E-state index in [0.717, 1.165) is 16.7 Å². The molecule has 1 saturated heterocycles. The van der Waals surface area contributed by atoms with Gasteiger partial charge in [0.1, 0.15) is 11.9 Å². The standard InChI is InChI=1S/C23H21N5O2/c24-12-16-1-6-20(26-13-16)11-21(29)23(7-9-30-10-8-23)19-4-2-17(3-5-19)18-14-27-22(25)28-15-18/h1-6,13-15H,7-11H2,(H2,25,27,28). The van der Waals surface area contributed by atoms with E-state index in [1.165, 1.54) is 6.20 Å². The minimum atomic E-state index is -0.607. The molecule has 1 fully saturated rings. The Bertz CT molecular complexity index is 1060. The Morgan fingerprint density at radius 2 is 1.70 bits per heavy atom. The van der Waals surface area contributed by atoms with Crippen molar-refractivity contribution in [1.29, 1.82) is 5.26 Å². The summed E-state index contributed by atoms with van der Waals surface area (Å²) in [6, 6.07) is 13.4. The molecule has 0 saturated carbocycles. The number of hydrogen-bond donors (Lipinski definition) is 1. The number of nitriles is 1. The monoisotopic (exact) mass is 399 g/mol. The number of nitrogens with two attached hydrogens (primary N) is 1. The first-order valence-corrected chi connectivity index (χ1v) is 9.75. The molecule has 0 unspecified atom stereocenters. The van der Waals surface area contributed by atoms with Crippen molar-refractivity contribution in [3.05, 3.63) is 71.8 Å². The maximum absolute atomic E-state index is 13.4. The van der Waals surface area contributed by atoms with Gasteiger partial charge in [0, 0.05) is 49.5 Å². The van der Waals surface area contributed by atoms with Gasteiger partial charge in [0.05, 0.1) is 11.0 Å². The van der Waals surface area contributed by atoms with E-state index in [-0.39, 0.29) is 18.2 Å². The van der Waals surface area contributed by atoms with Crippen LogP contribution in [0.15, 0.2) is 55.0 Å². The molecule has 3 heterocycles. The number of carbonyl (C=O) groups excluding carboxylic acids is 1. The number of anilines is 1. The summed E-state index contributed by atoms with van der Waals surface area (Å²) in [5.74, 6) is 0.352. The average Bonchev–Trinajstić information content (AvgIpc) is 2.80. The fraction of sp³-hybridized carbons (Fsp3) is 0.261. The van der Waals surface area contributed by atoms with Crippen LogP contribution in [0.1, 0.15) is 29.7 Å². The zero-order chi connectivity index (χ0) is 21.0. The molecule has 1 aliphatic heterocycles. The number of Topliss-reactive ketones (excluding diaryl/α,β-unsaturated/α-hetero) is 1. The molecule has 0 spiro atoms. The summed E-state index contributed by atoms with van der Waals surface area (Å²) >= 11 is 0. The van der Waals surface area contributed by atoms with Crippen LogP contribution in [0.25, 0.3) is 11.1 Å². The Hall–Kier alpha value is -3.63. The molecule has 150 valence electrons. The summed E-state index contributed by atoms with van der Waals surface area (Å²) < 4.78 is 5.55. The van der Waals surface area contributed by atoms with Crippen LogP contribution in [0, 0.1) is 11.3 Å². The van der Waals surface area contributed by atoms with Crippen LogP contribution in [0.5, 0.6) is 0 Å². The smallest absolute Gasteiger partial charge is 0.219 e. The normalized spacial score (nSPS) is 15.3. The van der Waals surface area contributed by atoms with Crippen molar-refractivity contribution in [2.24, 2.45) is 0 Å². The van der Waals surface area contributed by atoms with Gasteiger partial charge in [0.2, 0.25) is 5.95 Å². The number of ketones is 1. The highest BCUT2D eigenvalue weighted by Crippen LogP contribution is 2.37. The van der Waals surface area contributed by atoms with Crippen molar-refractivity contribution in [1.82, 2.24) is 15.0 Å². The topological polar surface area (TPSA) is 115 Å². The fourth-order valence-electron chi connectivity index (χ4n) is 3.85. The van der Waals surface area contributed by atoms with E-state index in [4.69, 9.17) is 15.7 Å². The quantitative estimate of drug-likeness (QED) is 0.701. The number of ether oxygens (including phenoxy) is 1. The minimum Gasteiger partial charge on any atom is -0.381 e. The number of nitrogen functional groups attached to an aromatic ring is 1. The number of hydrogen-bond acceptors (Lipinski definition) is 7. The fourth-order valence-corrected chi connectivity index (χ4v) is 3.85. The van der Waals surface area contributed by atoms with Gasteiger partial charge in [-0.05, 0) is 36.1 Å². The van der Waals surface area contributed by atoms with Gasteiger partial charge in [-0.2, -0.15) is 5.26 Å². The summed E-state index contributed by atoms with van der Waals surface area (Å²) in [6.07, 6.45) is 6.35. The average molecular weight is 399 g/mol. The predicted molar refractivity (Wildman–Crippen MR) is 111 cm³/mol. The Labute approximate surface area is 174 Å². The molecule has 0 amide bonds. The summed E-state index contributed by atoms with van der Waals surface area (Å²) in [4.78, 5) is 25.8. The molecule has 7 heteroatoms. The highest BCUT2D eigenvalue weighted by atomic mass is 16.5. The first-order valence-electron chi connectivity index (χ1n) is 9.75. The van der Waals surface area contributed by atoms with Crippen LogP contribution < -0.4 is 5.73 Å². The van der Waals surface area contributed by atoms with E-state index in [1.54, 1.807) is 24.5 Å². The summed E-state index contributed by atoms with van der Waals surface area (Å²) in [6.45, 7) is 1.08. The Morgan fingerprint density at radius 1 is 1.00 bits per heavy atom. The Kier molecular flexibility index (Phi) is 5.50. The second-order valence-corrected chi connectivity index (χ2v) is 7.35. The van der Waals surface area contributed by atoms with Gasteiger partial charge in [-0.1, -0.05) is 24.3 Å². The SMILES string of the molecule is N#Cc1ccc(CC(=O)C2(c3ccc(-c4cnc(N)nc4)cc3)CCOCC2)nc1. The molecule has 0 atom stereocenters. The second kappa shape index (κ2) is 8.39. The highest BCUT2D eigenvalue weighted by molar-refractivity contribution is 5.92. The van der Waals surface area contributed by atoms with Crippen molar-refractivity contribution < 1.29 is 9.53 Å². The Morgan fingerprint density at radius 3 is 2.30 bits per heavy atom. The van der Waals surface area contributed by atoms with Crippen molar-refractivity contribution in [3.8, 4) is 17.2 Å². The van der Waals surface area contributed by atoms with Crippen molar-refractivity contribution >= 4 is 11.7 Å². The summed E-state index contributed by atoms with van der Waals surface area (Å²) in [7, 11) is 0. The molecular weight excluding hydrogens is 378 g/mol. The molecule has 0 radical (unpaired) electrons. The molecule has 1 aliphatic rings. The van der Waals surface area contributed by atoms with E-state index >= 15 is 0 Å². The third kappa shape index (κ3) is 3.91. The number of nitrogens with zero attached hydrogens (tertiary/aromatic N) is 4. The second-order valence-electron chi connectivity index (χ2n) is 7.35. The lowest BCUT2D eigenvalue weighted by atomic mass is 9.69. The van der Waals surface area contributed by atoms with Crippen LogP contribution >= 0.6 is 0 Å². The van der Waals surface area contributed by atoms with Gasteiger partial charge < -0.3 is 10.5 Å². The summed E-state index contributed by atoms with van der Waals surface area (Å²) in [5, 5.41) is 8.94. The zero-order valence-electron chi connectivity index (χ0n) is 16.4. The van der Waals surface area contributed by atoms with Gasteiger partial charge in [-0.15, -0.1) is 0 Å². The predicted octanol–water partition coefficient (Wildman–Crippen LogP) is 2.85. The highest BCUT2D eigenvalue weighted by Gasteiger charge is 2.41. The van der Waals surface area contributed by atoms with Gasteiger partial charge in [-0.25, -0.2) is 9.97 Å². The van der Waals surface area contributed by atoms with Crippen LogP contribution in [0.2, 0.25) is 0 Å². The van der Waals surface area contributed by atoms with E-state index in [1.807, 2.05) is 30.3 Å².